The molecule has 1 aromatic heterocycles. The van der Waals surface area contributed by atoms with Crippen molar-refractivity contribution in [2.75, 3.05) is 12.8 Å². The van der Waals surface area contributed by atoms with Gasteiger partial charge in [0.05, 0.1) is 7.11 Å². The van der Waals surface area contributed by atoms with Crippen LogP contribution in [0.2, 0.25) is 0 Å². The first kappa shape index (κ1) is 14.9. The van der Waals surface area contributed by atoms with Crippen LogP contribution < -0.4 is 5.73 Å². The highest BCUT2D eigenvalue weighted by Gasteiger charge is 2.30. The predicted molar refractivity (Wildman–Crippen MR) is 78.5 cm³/mol. The number of hydrogen-bond acceptors (Lipinski definition) is 4. The van der Waals surface area contributed by atoms with Gasteiger partial charge >= 0.3 is 5.97 Å². The zero-order chi connectivity index (χ0) is 14.8. The fraction of sp³-hybridized carbons (Fsp3) is 0.733. The first-order chi connectivity index (χ1) is 9.50. The maximum atomic E-state index is 11.7. The zero-order valence-corrected chi connectivity index (χ0v) is 12.7. The lowest BCUT2D eigenvalue weighted by Crippen LogP contribution is -2.27. The number of imidazole rings is 1. The van der Waals surface area contributed by atoms with Gasteiger partial charge < -0.3 is 15.0 Å². The van der Waals surface area contributed by atoms with E-state index in [4.69, 9.17) is 10.5 Å². The van der Waals surface area contributed by atoms with Crippen molar-refractivity contribution in [3.8, 4) is 0 Å². The van der Waals surface area contributed by atoms with Gasteiger partial charge in [-0.15, -0.1) is 0 Å². The molecule has 0 radical (unpaired) electrons. The molecule has 5 nitrogen and oxygen atoms in total. The van der Waals surface area contributed by atoms with Crippen LogP contribution in [0.5, 0.6) is 0 Å². The second kappa shape index (κ2) is 5.85. The minimum Gasteiger partial charge on any atom is -0.464 e. The second-order valence-corrected chi connectivity index (χ2v) is 6.06. The lowest BCUT2D eigenvalue weighted by Gasteiger charge is -2.34. The first-order valence-electron chi connectivity index (χ1n) is 7.44. The fourth-order valence-electron chi connectivity index (χ4n) is 3.15. The molecule has 112 valence electrons. The Balaban J connectivity index is 2.30. The van der Waals surface area contributed by atoms with Crippen LogP contribution in [0.3, 0.4) is 0 Å². The summed E-state index contributed by atoms with van der Waals surface area (Å²) in [7, 11) is 1.36. The molecule has 1 fully saturated rings. The molecule has 5 heteroatoms. The molecule has 2 N–H and O–H groups in total. The Hall–Kier alpha value is -1.52. The molecule has 0 unspecified atom stereocenters. The number of carbonyl (C=O) groups excluding carboxylic acids is 1. The summed E-state index contributed by atoms with van der Waals surface area (Å²) >= 11 is 0. The van der Waals surface area contributed by atoms with E-state index < -0.39 is 5.97 Å². The highest BCUT2D eigenvalue weighted by Crippen LogP contribution is 2.38. The van der Waals surface area contributed by atoms with Crippen LogP contribution >= 0.6 is 0 Å². The van der Waals surface area contributed by atoms with Gasteiger partial charge in [0, 0.05) is 13.0 Å². The standard InChI is InChI=1S/C15H25N3O2/c1-4-11-17-12(14(19)20-3)13(16)18(11)10-15(2)8-6-5-7-9-15/h4-10,16H2,1-3H3. The minimum absolute atomic E-state index is 0.253. The maximum absolute atomic E-state index is 11.7. The molecule has 0 bridgehead atoms. The van der Waals surface area contributed by atoms with E-state index in [-0.39, 0.29) is 11.1 Å². The zero-order valence-electron chi connectivity index (χ0n) is 12.7. The highest BCUT2D eigenvalue weighted by atomic mass is 16.5. The molecular formula is C15H25N3O2. The van der Waals surface area contributed by atoms with Crippen molar-refractivity contribution < 1.29 is 9.53 Å². The third-order valence-electron chi connectivity index (χ3n) is 4.38. The minimum atomic E-state index is -0.454. The van der Waals surface area contributed by atoms with Crippen molar-refractivity contribution in [1.29, 1.82) is 0 Å². The van der Waals surface area contributed by atoms with Crippen LogP contribution in [0.15, 0.2) is 0 Å². The van der Waals surface area contributed by atoms with E-state index in [1.54, 1.807) is 0 Å². The number of carbonyl (C=O) groups is 1. The number of anilines is 1. The Morgan fingerprint density at radius 3 is 2.60 bits per heavy atom. The topological polar surface area (TPSA) is 70.1 Å². The summed E-state index contributed by atoms with van der Waals surface area (Å²) in [6.07, 6.45) is 7.05. The van der Waals surface area contributed by atoms with Crippen molar-refractivity contribution >= 4 is 11.8 Å². The lowest BCUT2D eigenvalue weighted by atomic mass is 9.75. The third kappa shape index (κ3) is 2.81. The van der Waals surface area contributed by atoms with Crippen LogP contribution in [0, 0.1) is 5.41 Å². The van der Waals surface area contributed by atoms with E-state index in [0.717, 1.165) is 18.8 Å². The van der Waals surface area contributed by atoms with Gasteiger partial charge in [-0.25, -0.2) is 9.78 Å². The summed E-state index contributed by atoms with van der Waals surface area (Å²) in [4.78, 5) is 16.1. The number of nitrogens with zero attached hydrogens (tertiary/aromatic N) is 2. The predicted octanol–water partition coefficient (Wildman–Crippen LogP) is 2.78. The maximum Gasteiger partial charge on any atom is 0.360 e. The average molecular weight is 279 g/mol. The van der Waals surface area contributed by atoms with Gasteiger partial charge in [-0.05, 0) is 18.3 Å². The number of ether oxygens (including phenoxy) is 1. The highest BCUT2D eigenvalue weighted by molar-refractivity contribution is 5.92. The van der Waals surface area contributed by atoms with Crippen LogP contribution in [-0.2, 0) is 17.7 Å². The van der Waals surface area contributed by atoms with E-state index in [9.17, 15) is 4.79 Å². The van der Waals surface area contributed by atoms with E-state index in [2.05, 4.69) is 11.9 Å². The molecule has 1 saturated carbocycles. The summed E-state index contributed by atoms with van der Waals surface area (Å²) in [6, 6.07) is 0. The number of aryl methyl sites for hydroxylation is 1. The summed E-state index contributed by atoms with van der Waals surface area (Å²) in [5.41, 5.74) is 6.64. The van der Waals surface area contributed by atoms with Crippen LogP contribution in [0.25, 0.3) is 0 Å². The van der Waals surface area contributed by atoms with Crippen LogP contribution in [0.1, 0.15) is 62.3 Å². The van der Waals surface area contributed by atoms with Gasteiger partial charge in [0.25, 0.3) is 0 Å². The quantitative estimate of drug-likeness (QED) is 0.860. The third-order valence-corrected chi connectivity index (χ3v) is 4.38. The van der Waals surface area contributed by atoms with Crippen molar-refractivity contribution in [3.05, 3.63) is 11.5 Å². The Kier molecular flexibility index (Phi) is 4.35. The van der Waals surface area contributed by atoms with Gasteiger partial charge in [0.2, 0.25) is 0 Å². The number of nitrogen functional groups attached to an aromatic ring is 1. The van der Waals surface area contributed by atoms with Crippen molar-refractivity contribution in [3.63, 3.8) is 0 Å². The van der Waals surface area contributed by atoms with Gasteiger partial charge in [-0.2, -0.15) is 0 Å². The first-order valence-corrected chi connectivity index (χ1v) is 7.44. The van der Waals surface area contributed by atoms with Gasteiger partial charge in [0.15, 0.2) is 5.69 Å². The van der Waals surface area contributed by atoms with E-state index in [1.807, 2.05) is 11.5 Å². The molecule has 1 aromatic rings. The molecular weight excluding hydrogens is 254 g/mol. The van der Waals surface area contributed by atoms with E-state index in [1.165, 1.54) is 39.2 Å². The van der Waals surface area contributed by atoms with Gasteiger partial charge in [0.1, 0.15) is 11.6 Å². The van der Waals surface area contributed by atoms with Gasteiger partial charge in [-0.3, -0.25) is 0 Å². The molecule has 0 aliphatic heterocycles. The summed E-state index contributed by atoms with van der Waals surface area (Å²) in [5, 5.41) is 0. The summed E-state index contributed by atoms with van der Waals surface area (Å²) < 4.78 is 6.76. The monoisotopic (exact) mass is 279 g/mol. The van der Waals surface area contributed by atoms with Crippen molar-refractivity contribution in [2.45, 2.75) is 58.9 Å². The number of aromatic nitrogens is 2. The van der Waals surface area contributed by atoms with Crippen LogP contribution in [-0.4, -0.2) is 22.6 Å². The Labute approximate surface area is 120 Å². The number of esters is 1. The summed E-state index contributed by atoms with van der Waals surface area (Å²) in [6.45, 7) is 5.18. The molecule has 1 aliphatic rings. The SMILES string of the molecule is CCc1nc(C(=O)OC)c(N)n1CC1(C)CCCCC1. The van der Waals surface area contributed by atoms with E-state index >= 15 is 0 Å². The lowest BCUT2D eigenvalue weighted by molar-refractivity contribution is 0.0595. The Morgan fingerprint density at radius 2 is 2.05 bits per heavy atom. The Bertz CT molecular complexity index is 488. The molecule has 0 amide bonds. The molecule has 1 aliphatic carbocycles. The average Bonchev–Trinajstić information content (AvgIpc) is 2.75. The van der Waals surface area contributed by atoms with E-state index in [0.29, 0.717) is 5.82 Å². The fourth-order valence-corrected chi connectivity index (χ4v) is 3.15. The van der Waals surface area contributed by atoms with Crippen LogP contribution in [0.4, 0.5) is 5.82 Å². The van der Waals surface area contributed by atoms with Gasteiger partial charge in [-0.1, -0.05) is 33.1 Å². The smallest absolute Gasteiger partial charge is 0.360 e. The number of nitrogens with two attached hydrogens (primary N) is 1. The molecule has 0 atom stereocenters. The number of rotatable bonds is 4. The number of hydrogen-bond donors (Lipinski definition) is 1. The summed E-state index contributed by atoms with van der Waals surface area (Å²) in [5.74, 6) is 0.861. The molecule has 20 heavy (non-hydrogen) atoms. The molecule has 0 saturated heterocycles. The van der Waals surface area contributed by atoms with Crippen molar-refractivity contribution in [2.24, 2.45) is 5.41 Å². The Morgan fingerprint density at radius 1 is 1.40 bits per heavy atom. The second-order valence-electron chi connectivity index (χ2n) is 6.06. The molecule has 2 rings (SSSR count). The number of methoxy groups -OCH3 is 1. The molecule has 1 heterocycles. The molecule has 0 aromatic carbocycles. The normalized spacial score (nSPS) is 17.9. The molecule has 0 spiro atoms. The largest absolute Gasteiger partial charge is 0.464 e. The van der Waals surface area contributed by atoms with Crippen molar-refractivity contribution in [1.82, 2.24) is 9.55 Å².